The van der Waals surface area contributed by atoms with Crippen LogP contribution in [0, 0.1) is 11.8 Å². The van der Waals surface area contributed by atoms with Crippen molar-refractivity contribution < 1.29 is 19.7 Å². The molecule has 4 atom stereocenters. The number of rotatable bonds is 6. The van der Waals surface area contributed by atoms with Gasteiger partial charge in [-0.2, -0.15) is 0 Å². The summed E-state index contributed by atoms with van der Waals surface area (Å²) >= 11 is 0. The Morgan fingerprint density at radius 2 is 1.91 bits per heavy atom. The van der Waals surface area contributed by atoms with Crippen LogP contribution in [0.5, 0.6) is 0 Å². The highest BCUT2D eigenvalue weighted by atomic mass is 28.3. The lowest BCUT2D eigenvalue weighted by Crippen LogP contribution is -2.48. The highest BCUT2D eigenvalue weighted by molar-refractivity contribution is 6.91. The van der Waals surface area contributed by atoms with Crippen LogP contribution in [0.15, 0.2) is 30.3 Å². The van der Waals surface area contributed by atoms with Crippen LogP contribution in [-0.4, -0.2) is 43.6 Å². The maximum absolute atomic E-state index is 11.8. The number of carbonyl (C=O) groups is 1. The molecule has 0 amide bonds. The van der Waals surface area contributed by atoms with E-state index in [1.807, 2.05) is 18.2 Å². The lowest BCUT2D eigenvalue weighted by molar-refractivity contribution is -0.145. The quantitative estimate of drug-likeness (QED) is 0.615. The van der Waals surface area contributed by atoms with Crippen molar-refractivity contribution in [2.75, 3.05) is 13.2 Å². The van der Waals surface area contributed by atoms with Crippen molar-refractivity contribution >= 4 is 19.2 Å². The van der Waals surface area contributed by atoms with Gasteiger partial charge < -0.3 is 14.9 Å². The molecule has 2 N–H and O–H groups in total. The summed E-state index contributed by atoms with van der Waals surface area (Å²) in [7, 11) is -1.86. The number of ether oxygens (including phenoxy) is 1. The van der Waals surface area contributed by atoms with Crippen LogP contribution in [0.4, 0.5) is 0 Å². The molecular formula is C18H28O4Si. The minimum atomic E-state index is -1.86. The predicted octanol–water partition coefficient (Wildman–Crippen LogP) is 1.91. The molecule has 1 aliphatic carbocycles. The molecule has 1 aromatic rings. The average Bonchev–Trinajstić information content (AvgIpc) is 2.85. The maximum Gasteiger partial charge on any atom is 0.306 e. The van der Waals surface area contributed by atoms with Crippen LogP contribution in [-0.2, 0) is 9.53 Å². The Morgan fingerprint density at radius 1 is 1.26 bits per heavy atom. The first-order valence-electron chi connectivity index (χ1n) is 8.41. The minimum absolute atomic E-state index is 0.00899. The zero-order valence-electron chi connectivity index (χ0n) is 14.2. The number of hydrogen-bond acceptors (Lipinski definition) is 4. The van der Waals surface area contributed by atoms with Gasteiger partial charge in [-0.25, -0.2) is 0 Å². The number of aliphatic hydroxyl groups excluding tert-OH is 2. The van der Waals surface area contributed by atoms with E-state index in [4.69, 9.17) is 4.74 Å². The fraction of sp³-hybridized carbons (Fsp3) is 0.611. The first-order valence-corrected chi connectivity index (χ1v) is 11.5. The van der Waals surface area contributed by atoms with E-state index in [-0.39, 0.29) is 36.4 Å². The summed E-state index contributed by atoms with van der Waals surface area (Å²) in [4.78, 5) is 11.8. The van der Waals surface area contributed by atoms with Crippen molar-refractivity contribution in [2.45, 2.75) is 44.5 Å². The number of aliphatic hydroxyl groups is 2. The average molecular weight is 337 g/mol. The van der Waals surface area contributed by atoms with Gasteiger partial charge >= 0.3 is 5.97 Å². The van der Waals surface area contributed by atoms with Gasteiger partial charge in [0.1, 0.15) is 0 Å². The first kappa shape index (κ1) is 18.2. The van der Waals surface area contributed by atoms with Gasteiger partial charge in [-0.15, -0.1) is 0 Å². The third-order valence-electron chi connectivity index (χ3n) is 5.42. The molecule has 5 heteroatoms. The van der Waals surface area contributed by atoms with Crippen molar-refractivity contribution in [3.8, 4) is 0 Å². The zero-order valence-corrected chi connectivity index (χ0v) is 15.2. The standard InChI is InChI=1S/C18H28O4Si/c1-4-22-18(21)10-14-15(12-19)17(11-16(14)20)23(2,3)13-8-6-5-7-9-13/h5-9,14-17,19-20H,4,10-12H2,1-3H3/t14-,15-,16+,17-/m1/s1. The lowest BCUT2D eigenvalue weighted by Gasteiger charge is -2.35. The molecule has 128 valence electrons. The normalized spacial score (nSPS) is 27.9. The molecule has 0 radical (unpaired) electrons. The van der Waals surface area contributed by atoms with Gasteiger partial charge in [0, 0.05) is 12.5 Å². The van der Waals surface area contributed by atoms with Crippen molar-refractivity contribution in [2.24, 2.45) is 11.8 Å². The molecule has 0 heterocycles. The van der Waals surface area contributed by atoms with E-state index in [9.17, 15) is 15.0 Å². The molecule has 4 nitrogen and oxygen atoms in total. The number of benzene rings is 1. The Bertz CT molecular complexity index is 517. The van der Waals surface area contributed by atoms with Crippen LogP contribution >= 0.6 is 0 Å². The molecule has 1 saturated carbocycles. The third kappa shape index (κ3) is 3.84. The molecule has 2 rings (SSSR count). The largest absolute Gasteiger partial charge is 0.466 e. The van der Waals surface area contributed by atoms with Crippen molar-refractivity contribution in [3.05, 3.63) is 30.3 Å². The van der Waals surface area contributed by atoms with E-state index < -0.39 is 14.2 Å². The molecule has 0 bridgehead atoms. The molecule has 0 saturated heterocycles. The first-order chi connectivity index (χ1) is 10.9. The Morgan fingerprint density at radius 3 is 2.48 bits per heavy atom. The molecule has 0 unspecified atom stereocenters. The lowest BCUT2D eigenvalue weighted by atomic mass is 9.92. The van der Waals surface area contributed by atoms with Crippen molar-refractivity contribution in [3.63, 3.8) is 0 Å². The second-order valence-corrected chi connectivity index (χ2v) is 11.8. The second-order valence-electron chi connectivity index (χ2n) is 7.02. The number of esters is 1. The van der Waals surface area contributed by atoms with Gasteiger partial charge in [-0.1, -0.05) is 48.6 Å². The summed E-state index contributed by atoms with van der Waals surface area (Å²) in [5, 5.41) is 21.8. The van der Waals surface area contributed by atoms with Crippen molar-refractivity contribution in [1.82, 2.24) is 0 Å². The van der Waals surface area contributed by atoms with E-state index in [2.05, 4.69) is 25.2 Å². The SMILES string of the molecule is CCOC(=O)C[C@@H]1[C@@H](CO)[C@H]([Si](C)(C)c2ccccc2)C[C@@H]1O. The van der Waals surface area contributed by atoms with Gasteiger partial charge in [0.05, 0.1) is 27.2 Å². The van der Waals surface area contributed by atoms with Crippen LogP contribution < -0.4 is 5.19 Å². The molecular weight excluding hydrogens is 308 g/mol. The number of carbonyl (C=O) groups excluding carboxylic acids is 1. The molecule has 1 aromatic carbocycles. The minimum Gasteiger partial charge on any atom is -0.466 e. The Hall–Kier alpha value is -1.17. The second kappa shape index (κ2) is 7.60. The zero-order chi connectivity index (χ0) is 17.0. The Labute approximate surface area is 139 Å². The van der Waals surface area contributed by atoms with E-state index in [0.717, 1.165) is 0 Å². The number of hydrogen-bond donors (Lipinski definition) is 2. The van der Waals surface area contributed by atoms with E-state index in [0.29, 0.717) is 13.0 Å². The van der Waals surface area contributed by atoms with Gasteiger partial charge in [0.25, 0.3) is 0 Å². The van der Waals surface area contributed by atoms with Crippen molar-refractivity contribution in [1.29, 1.82) is 0 Å². The van der Waals surface area contributed by atoms with Gasteiger partial charge in [-0.3, -0.25) is 4.79 Å². The third-order valence-corrected chi connectivity index (χ3v) is 9.76. The molecule has 0 spiro atoms. The summed E-state index contributed by atoms with van der Waals surface area (Å²) in [6.07, 6.45) is 0.302. The summed E-state index contributed by atoms with van der Waals surface area (Å²) in [6.45, 7) is 6.71. The van der Waals surface area contributed by atoms with Gasteiger partial charge in [0.2, 0.25) is 0 Å². The molecule has 0 aromatic heterocycles. The maximum atomic E-state index is 11.8. The predicted molar refractivity (Wildman–Crippen MR) is 93.2 cm³/mol. The molecule has 1 fully saturated rings. The van der Waals surface area contributed by atoms with Crippen LogP contribution in [0.25, 0.3) is 0 Å². The summed E-state index contributed by atoms with van der Waals surface area (Å²) in [6, 6.07) is 10.4. The Balaban J connectivity index is 2.21. The molecule has 0 aliphatic heterocycles. The fourth-order valence-corrected chi connectivity index (χ4v) is 7.80. The Kier molecular flexibility index (Phi) is 6.00. The smallest absolute Gasteiger partial charge is 0.306 e. The topological polar surface area (TPSA) is 66.8 Å². The fourth-order valence-electron chi connectivity index (χ4n) is 4.07. The van der Waals surface area contributed by atoms with Crippen LogP contribution in [0.3, 0.4) is 0 Å². The molecule has 1 aliphatic rings. The summed E-state index contributed by atoms with van der Waals surface area (Å²) in [5.41, 5.74) is 0.254. The highest BCUT2D eigenvalue weighted by Gasteiger charge is 2.50. The van der Waals surface area contributed by atoms with E-state index in [1.54, 1.807) is 6.92 Å². The van der Waals surface area contributed by atoms with E-state index >= 15 is 0 Å². The van der Waals surface area contributed by atoms with Gasteiger partial charge in [0.15, 0.2) is 0 Å². The van der Waals surface area contributed by atoms with E-state index in [1.165, 1.54) is 5.19 Å². The monoisotopic (exact) mass is 336 g/mol. The highest BCUT2D eigenvalue weighted by Crippen LogP contribution is 2.48. The summed E-state index contributed by atoms with van der Waals surface area (Å²) in [5.74, 6) is -0.536. The van der Waals surface area contributed by atoms with Crippen LogP contribution in [0.2, 0.25) is 18.6 Å². The van der Waals surface area contributed by atoms with Crippen LogP contribution in [0.1, 0.15) is 19.8 Å². The van der Waals surface area contributed by atoms with Gasteiger partial charge in [-0.05, 0) is 24.8 Å². The summed E-state index contributed by atoms with van der Waals surface area (Å²) < 4.78 is 5.03. The molecule has 23 heavy (non-hydrogen) atoms.